The summed E-state index contributed by atoms with van der Waals surface area (Å²) in [6, 6.07) is 1.34. The van der Waals surface area contributed by atoms with Crippen molar-refractivity contribution < 1.29 is 20.1 Å². The molecule has 1 fully saturated rings. The van der Waals surface area contributed by atoms with E-state index in [9.17, 15) is 15.0 Å². The first-order valence-electron chi connectivity index (χ1n) is 4.55. The minimum Gasteiger partial charge on any atom is -0.385 e. The number of ether oxygens (including phenoxy) is 1. The SMILES string of the molecule is Nc1ccn([C@@H]2O[C@H](O)[C@@H](O)[C@H]2O)c(=O)n1. The number of nitrogens with two attached hydrogens (primary N) is 1. The number of hydrogen-bond donors (Lipinski definition) is 4. The van der Waals surface area contributed by atoms with Crippen molar-refractivity contribution in [3.8, 4) is 0 Å². The minimum absolute atomic E-state index is 0.0369. The summed E-state index contributed by atoms with van der Waals surface area (Å²) in [5, 5.41) is 27.9. The molecule has 0 amide bonds. The largest absolute Gasteiger partial charge is 0.385 e. The molecule has 0 aromatic carbocycles. The second-order valence-corrected chi connectivity index (χ2v) is 3.44. The average molecular weight is 229 g/mol. The normalized spacial score (nSPS) is 34.2. The summed E-state index contributed by atoms with van der Waals surface area (Å²) in [6.45, 7) is 0. The average Bonchev–Trinajstić information content (AvgIpc) is 2.46. The maximum absolute atomic E-state index is 11.4. The highest BCUT2D eigenvalue weighted by Gasteiger charge is 2.43. The highest BCUT2D eigenvalue weighted by molar-refractivity contribution is 5.23. The lowest BCUT2D eigenvalue weighted by Crippen LogP contribution is -2.35. The van der Waals surface area contributed by atoms with Gasteiger partial charge in [0.25, 0.3) is 0 Å². The van der Waals surface area contributed by atoms with Gasteiger partial charge in [-0.15, -0.1) is 0 Å². The zero-order valence-corrected chi connectivity index (χ0v) is 8.09. The van der Waals surface area contributed by atoms with Crippen molar-refractivity contribution in [2.24, 2.45) is 0 Å². The molecule has 1 saturated heterocycles. The number of aliphatic hydroxyl groups excluding tert-OH is 3. The molecule has 0 radical (unpaired) electrons. The van der Waals surface area contributed by atoms with Crippen LogP contribution in [0, 0.1) is 0 Å². The molecular formula is C8H11N3O5. The fourth-order valence-electron chi connectivity index (χ4n) is 1.49. The van der Waals surface area contributed by atoms with E-state index in [-0.39, 0.29) is 5.82 Å². The predicted octanol–water partition coefficient (Wildman–Crippen LogP) is -2.61. The first-order valence-corrected chi connectivity index (χ1v) is 4.55. The smallest absolute Gasteiger partial charge is 0.351 e. The fourth-order valence-corrected chi connectivity index (χ4v) is 1.49. The monoisotopic (exact) mass is 229 g/mol. The van der Waals surface area contributed by atoms with Gasteiger partial charge in [-0.2, -0.15) is 4.98 Å². The third kappa shape index (κ3) is 1.67. The molecule has 0 saturated carbocycles. The van der Waals surface area contributed by atoms with Crippen LogP contribution in [-0.4, -0.2) is 43.4 Å². The Hall–Kier alpha value is -1.48. The Bertz CT molecular complexity index is 448. The topological polar surface area (TPSA) is 131 Å². The van der Waals surface area contributed by atoms with E-state index >= 15 is 0 Å². The van der Waals surface area contributed by atoms with E-state index in [0.717, 1.165) is 4.57 Å². The van der Waals surface area contributed by atoms with Crippen molar-refractivity contribution in [3.05, 3.63) is 22.7 Å². The van der Waals surface area contributed by atoms with E-state index in [1.165, 1.54) is 12.3 Å². The van der Waals surface area contributed by atoms with Crippen LogP contribution in [0.2, 0.25) is 0 Å². The van der Waals surface area contributed by atoms with Crippen LogP contribution in [0.15, 0.2) is 17.1 Å². The molecule has 8 nitrogen and oxygen atoms in total. The van der Waals surface area contributed by atoms with Gasteiger partial charge in [0.2, 0.25) is 0 Å². The summed E-state index contributed by atoms with van der Waals surface area (Å²) in [6.07, 6.45) is -4.31. The number of aromatic nitrogens is 2. The molecule has 0 aliphatic carbocycles. The zero-order chi connectivity index (χ0) is 11.9. The lowest BCUT2D eigenvalue weighted by atomic mass is 10.2. The first-order chi connectivity index (χ1) is 7.50. The van der Waals surface area contributed by atoms with Crippen molar-refractivity contribution in [1.82, 2.24) is 9.55 Å². The van der Waals surface area contributed by atoms with E-state index in [4.69, 9.17) is 15.6 Å². The van der Waals surface area contributed by atoms with Crippen molar-refractivity contribution in [2.75, 3.05) is 5.73 Å². The summed E-state index contributed by atoms with van der Waals surface area (Å²) in [5.74, 6) is 0.0369. The summed E-state index contributed by atoms with van der Waals surface area (Å²) in [5.41, 5.74) is 4.56. The molecule has 4 atom stereocenters. The Labute approximate surface area is 89.5 Å². The maximum atomic E-state index is 11.4. The molecule has 1 aromatic rings. The number of hydrogen-bond acceptors (Lipinski definition) is 7. The van der Waals surface area contributed by atoms with Gasteiger partial charge >= 0.3 is 5.69 Å². The van der Waals surface area contributed by atoms with Crippen LogP contribution in [0.25, 0.3) is 0 Å². The third-order valence-corrected chi connectivity index (χ3v) is 2.34. The Morgan fingerprint density at radius 2 is 2.06 bits per heavy atom. The van der Waals surface area contributed by atoms with Gasteiger partial charge in [0.1, 0.15) is 18.0 Å². The van der Waals surface area contributed by atoms with E-state index in [1.54, 1.807) is 0 Å². The predicted molar refractivity (Wildman–Crippen MR) is 51.1 cm³/mol. The molecule has 2 heterocycles. The van der Waals surface area contributed by atoms with Gasteiger partial charge in [0, 0.05) is 6.20 Å². The molecule has 0 bridgehead atoms. The summed E-state index contributed by atoms with van der Waals surface area (Å²) >= 11 is 0. The van der Waals surface area contributed by atoms with Gasteiger partial charge in [-0.25, -0.2) is 4.79 Å². The lowest BCUT2D eigenvalue weighted by molar-refractivity contribution is -0.142. The minimum atomic E-state index is -1.54. The van der Waals surface area contributed by atoms with E-state index in [1.807, 2.05) is 0 Å². The molecule has 1 aliphatic heterocycles. The van der Waals surface area contributed by atoms with Gasteiger partial charge in [-0.3, -0.25) is 4.57 Å². The number of aliphatic hydroxyl groups is 3. The van der Waals surface area contributed by atoms with Gasteiger partial charge < -0.3 is 25.8 Å². The summed E-state index contributed by atoms with van der Waals surface area (Å²) in [7, 11) is 0. The molecule has 0 unspecified atom stereocenters. The molecule has 5 N–H and O–H groups in total. The fraction of sp³-hybridized carbons (Fsp3) is 0.500. The van der Waals surface area contributed by atoms with Crippen molar-refractivity contribution in [3.63, 3.8) is 0 Å². The van der Waals surface area contributed by atoms with Crippen LogP contribution in [0.4, 0.5) is 5.82 Å². The number of nitrogens with zero attached hydrogens (tertiary/aromatic N) is 2. The van der Waals surface area contributed by atoms with Crippen LogP contribution in [0.3, 0.4) is 0 Å². The van der Waals surface area contributed by atoms with Crippen LogP contribution >= 0.6 is 0 Å². The molecule has 1 aliphatic rings. The van der Waals surface area contributed by atoms with Gasteiger partial charge in [-0.1, -0.05) is 0 Å². The Morgan fingerprint density at radius 1 is 1.38 bits per heavy atom. The van der Waals surface area contributed by atoms with Crippen molar-refractivity contribution in [1.29, 1.82) is 0 Å². The third-order valence-electron chi connectivity index (χ3n) is 2.34. The summed E-state index contributed by atoms with van der Waals surface area (Å²) in [4.78, 5) is 14.8. The molecule has 8 heteroatoms. The molecule has 1 aromatic heterocycles. The molecule has 16 heavy (non-hydrogen) atoms. The zero-order valence-electron chi connectivity index (χ0n) is 8.09. The molecule has 0 spiro atoms. The standard InChI is InChI=1S/C8H11N3O5/c9-3-1-2-11(8(15)10-3)6-4(12)5(13)7(14)16-6/h1-2,4-7,12-14H,(H2,9,10,15)/t4-,5+,6-,7+/m1/s1. The molecule has 88 valence electrons. The van der Waals surface area contributed by atoms with Crippen LogP contribution in [0.1, 0.15) is 6.23 Å². The van der Waals surface area contributed by atoms with Crippen LogP contribution < -0.4 is 11.4 Å². The van der Waals surface area contributed by atoms with Crippen molar-refractivity contribution in [2.45, 2.75) is 24.7 Å². The first kappa shape index (κ1) is 11.0. The summed E-state index contributed by atoms with van der Waals surface area (Å²) < 4.78 is 5.78. The van der Waals surface area contributed by atoms with E-state index in [2.05, 4.69) is 4.98 Å². The highest BCUT2D eigenvalue weighted by Crippen LogP contribution is 2.26. The second kappa shape index (κ2) is 3.83. The van der Waals surface area contributed by atoms with Gasteiger partial charge in [0.15, 0.2) is 12.5 Å². The highest BCUT2D eigenvalue weighted by atomic mass is 16.7. The molecular weight excluding hydrogens is 218 g/mol. The number of nitrogen functional groups attached to an aromatic ring is 1. The Kier molecular flexibility index (Phi) is 2.64. The number of rotatable bonds is 1. The Balaban J connectivity index is 2.35. The second-order valence-electron chi connectivity index (χ2n) is 3.44. The van der Waals surface area contributed by atoms with Gasteiger partial charge in [-0.05, 0) is 6.07 Å². The number of anilines is 1. The van der Waals surface area contributed by atoms with Crippen LogP contribution in [-0.2, 0) is 4.74 Å². The van der Waals surface area contributed by atoms with E-state index < -0.39 is 30.4 Å². The van der Waals surface area contributed by atoms with Crippen molar-refractivity contribution >= 4 is 5.82 Å². The van der Waals surface area contributed by atoms with Gasteiger partial charge in [0.05, 0.1) is 0 Å². The lowest BCUT2D eigenvalue weighted by Gasteiger charge is -2.16. The maximum Gasteiger partial charge on any atom is 0.351 e. The van der Waals surface area contributed by atoms with Crippen LogP contribution in [0.5, 0.6) is 0 Å². The quantitative estimate of drug-likeness (QED) is 0.415. The molecule has 2 rings (SSSR count). The van der Waals surface area contributed by atoms with E-state index in [0.29, 0.717) is 0 Å². The Morgan fingerprint density at radius 3 is 2.56 bits per heavy atom.